The SMILES string of the molecule is CC[C@@H]1NC(CO)[C@@H](O)C(O)C1O. The van der Waals surface area contributed by atoms with Crippen molar-refractivity contribution < 1.29 is 20.4 Å². The normalized spacial score (nSPS) is 46.4. The predicted molar refractivity (Wildman–Crippen MR) is 46.1 cm³/mol. The van der Waals surface area contributed by atoms with Crippen LogP contribution in [0, 0.1) is 0 Å². The second-order valence-corrected chi connectivity index (χ2v) is 3.44. The molecular weight excluding hydrogens is 174 g/mol. The van der Waals surface area contributed by atoms with Crippen LogP contribution in [0.15, 0.2) is 0 Å². The lowest BCUT2D eigenvalue weighted by Crippen LogP contribution is -2.65. The largest absolute Gasteiger partial charge is 0.395 e. The highest BCUT2D eigenvalue weighted by molar-refractivity contribution is 4.97. The fraction of sp³-hybridized carbons (Fsp3) is 1.00. The predicted octanol–water partition coefficient (Wildman–Crippen LogP) is -2.19. The van der Waals surface area contributed by atoms with Gasteiger partial charge in [0.1, 0.15) is 6.10 Å². The Hall–Kier alpha value is -0.200. The highest BCUT2D eigenvalue weighted by atomic mass is 16.4. The summed E-state index contributed by atoms with van der Waals surface area (Å²) in [6, 6.07) is -0.820. The minimum Gasteiger partial charge on any atom is -0.395 e. The molecular formula is C8H17NO4. The van der Waals surface area contributed by atoms with Gasteiger partial charge in [-0.1, -0.05) is 6.92 Å². The first kappa shape index (κ1) is 10.9. The van der Waals surface area contributed by atoms with Gasteiger partial charge < -0.3 is 25.7 Å². The van der Waals surface area contributed by atoms with Crippen LogP contribution in [0.1, 0.15) is 13.3 Å². The van der Waals surface area contributed by atoms with Crippen LogP contribution < -0.4 is 5.32 Å². The van der Waals surface area contributed by atoms with Gasteiger partial charge in [-0.05, 0) is 6.42 Å². The second kappa shape index (κ2) is 4.34. The number of aliphatic hydroxyl groups is 4. The average molecular weight is 191 g/mol. The first-order valence-electron chi connectivity index (χ1n) is 4.53. The lowest BCUT2D eigenvalue weighted by atomic mass is 9.89. The first-order valence-corrected chi connectivity index (χ1v) is 4.53. The van der Waals surface area contributed by atoms with Crippen LogP contribution in [0.3, 0.4) is 0 Å². The third kappa shape index (κ3) is 2.00. The smallest absolute Gasteiger partial charge is 0.109 e. The average Bonchev–Trinajstić information content (AvgIpc) is 2.15. The molecule has 1 aliphatic rings. The van der Waals surface area contributed by atoms with Gasteiger partial charge in [-0.2, -0.15) is 0 Å². The Kier molecular flexibility index (Phi) is 3.63. The zero-order valence-electron chi connectivity index (χ0n) is 7.59. The van der Waals surface area contributed by atoms with Gasteiger partial charge in [0.15, 0.2) is 0 Å². The number of rotatable bonds is 2. The number of nitrogens with one attached hydrogen (secondary N) is 1. The summed E-state index contributed by atoms with van der Waals surface area (Å²) in [4.78, 5) is 0. The zero-order valence-corrected chi connectivity index (χ0v) is 7.59. The van der Waals surface area contributed by atoms with E-state index in [9.17, 15) is 15.3 Å². The quantitative estimate of drug-likeness (QED) is 0.342. The van der Waals surface area contributed by atoms with Gasteiger partial charge in [0.25, 0.3) is 0 Å². The minimum atomic E-state index is -1.18. The number of piperidine rings is 1. The van der Waals surface area contributed by atoms with Crippen molar-refractivity contribution in [1.29, 1.82) is 0 Å². The molecule has 0 aromatic heterocycles. The molecule has 13 heavy (non-hydrogen) atoms. The van der Waals surface area contributed by atoms with E-state index in [0.717, 1.165) is 0 Å². The van der Waals surface area contributed by atoms with Gasteiger partial charge in [-0.25, -0.2) is 0 Å². The molecule has 0 aromatic rings. The molecule has 0 saturated carbocycles. The van der Waals surface area contributed by atoms with Crippen LogP contribution in [0.4, 0.5) is 0 Å². The highest BCUT2D eigenvalue weighted by Gasteiger charge is 2.40. The Balaban J connectivity index is 2.66. The van der Waals surface area contributed by atoms with Gasteiger partial charge in [0.05, 0.1) is 24.9 Å². The summed E-state index contributed by atoms with van der Waals surface area (Å²) in [5.41, 5.74) is 0. The van der Waals surface area contributed by atoms with E-state index in [0.29, 0.717) is 6.42 Å². The molecule has 5 nitrogen and oxygen atoms in total. The summed E-state index contributed by atoms with van der Waals surface area (Å²) in [6.45, 7) is 1.61. The number of aliphatic hydroxyl groups excluding tert-OH is 4. The molecule has 0 bridgehead atoms. The molecule has 0 aliphatic carbocycles. The fourth-order valence-corrected chi connectivity index (χ4v) is 1.67. The van der Waals surface area contributed by atoms with Crippen molar-refractivity contribution >= 4 is 0 Å². The van der Waals surface area contributed by atoms with Crippen molar-refractivity contribution in [3.05, 3.63) is 0 Å². The van der Waals surface area contributed by atoms with Crippen LogP contribution in [0.2, 0.25) is 0 Å². The van der Waals surface area contributed by atoms with E-state index >= 15 is 0 Å². The molecule has 1 heterocycles. The van der Waals surface area contributed by atoms with Gasteiger partial charge >= 0.3 is 0 Å². The van der Waals surface area contributed by atoms with E-state index < -0.39 is 24.4 Å². The van der Waals surface area contributed by atoms with E-state index in [1.807, 2.05) is 6.92 Å². The molecule has 1 saturated heterocycles. The van der Waals surface area contributed by atoms with Crippen molar-refractivity contribution in [1.82, 2.24) is 5.32 Å². The molecule has 0 spiro atoms. The second-order valence-electron chi connectivity index (χ2n) is 3.44. The van der Waals surface area contributed by atoms with E-state index in [4.69, 9.17) is 5.11 Å². The molecule has 1 fully saturated rings. The molecule has 0 aromatic carbocycles. The molecule has 0 radical (unpaired) electrons. The molecule has 5 atom stereocenters. The number of hydrogen-bond acceptors (Lipinski definition) is 5. The Labute approximate surface area is 77.0 Å². The lowest BCUT2D eigenvalue weighted by Gasteiger charge is -2.40. The highest BCUT2D eigenvalue weighted by Crippen LogP contribution is 2.16. The molecule has 5 heteroatoms. The zero-order chi connectivity index (χ0) is 10.0. The monoisotopic (exact) mass is 191 g/mol. The van der Waals surface area contributed by atoms with Crippen LogP contribution in [-0.2, 0) is 0 Å². The maximum absolute atomic E-state index is 9.47. The molecule has 0 amide bonds. The lowest BCUT2D eigenvalue weighted by molar-refractivity contribution is -0.119. The minimum absolute atomic E-state index is 0.249. The van der Waals surface area contributed by atoms with Crippen molar-refractivity contribution in [2.24, 2.45) is 0 Å². The standard InChI is InChI=1S/C8H17NO4/c1-2-4-6(11)8(13)7(12)5(3-10)9-4/h4-13H,2-3H2,1H3/t4-,5?,6?,7+,8?/m0/s1. The van der Waals surface area contributed by atoms with E-state index in [2.05, 4.69) is 5.32 Å². The van der Waals surface area contributed by atoms with Crippen molar-refractivity contribution in [2.45, 2.75) is 43.7 Å². The van der Waals surface area contributed by atoms with Crippen LogP contribution >= 0.6 is 0 Å². The summed E-state index contributed by atoms with van der Waals surface area (Å²) >= 11 is 0. The Morgan fingerprint density at radius 1 is 1.00 bits per heavy atom. The first-order chi connectivity index (χ1) is 6.11. The van der Waals surface area contributed by atoms with Gasteiger partial charge in [0, 0.05) is 6.04 Å². The van der Waals surface area contributed by atoms with Gasteiger partial charge in [-0.15, -0.1) is 0 Å². The molecule has 1 aliphatic heterocycles. The molecule has 78 valence electrons. The maximum atomic E-state index is 9.47. The Bertz CT molecular complexity index is 146. The fourth-order valence-electron chi connectivity index (χ4n) is 1.67. The third-order valence-electron chi connectivity index (χ3n) is 2.59. The van der Waals surface area contributed by atoms with Crippen LogP contribution in [0.25, 0.3) is 0 Å². The topological polar surface area (TPSA) is 93.0 Å². The van der Waals surface area contributed by atoms with Gasteiger partial charge in [-0.3, -0.25) is 0 Å². The van der Waals surface area contributed by atoms with E-state index in [1.54, 1.807) is 0 Å². The maximum Gasteiger partial charge on any atom is 0.109 e. The number of hydrogen-bond donors (Lipinski definition) is 5. The molecule has 5 N–H and O–H groups in total. The Morgan fingerprint density at radius 2 is 1.54 bits per heavy atom. The van der Waals surface area contributed by atoms with Crippen LogP contribution in [0.5, 0.6) is 0 Å². The van der Waals surface area contributed by atoms with Gasteiger partial charge in [0.2, 0.25) is 0 Å². The molecule has 1 rings (SSSR count). The van der Waals surface area contributed by atoms with Crippen molar-refractivity contribution in [3.63, 3.8) is 0 Å². The van der Waals surface area contributed by atoms with Crippen molar-refractivity contribution in [3.8, 4) is 0 Å². The summed E-state index contributed by atoms with van der Waals surface area (Å²) in [6.07, 6.45) is -2.62. The summed E-state index contributed by atoms with van der Waals surface area (Å²) < 4.78 is 0. The van der Waals surface area contributed by atoms with E-state index in [1.165, 1.54) is 0 Å². The Morgan fingerprint density at radius 3 is 2.00 bits per heavy atom. The van der Waals surface area contributed by atoms with Crippen molar-refractivity contribution in [2.75, 3.05) is 6.61 Å². The summed E-state index contributed by atoms with van der Waals surface area (Å²) in [5, 5.41) is 40.0. The summed E-state index contributed by atoms with van der Waals surface area (Å²) in [7, 11) is 0. The molecule has 3 unspecified atom stereocenters. The van der Waals surface area contributed by atoms with E-state index in [-0.39, 0.29) is 12.6 Å². The third-order valence-corrected chi connectivity index (χ3v) is 2.59. The van der Waals surface area contributed by atoms with Crippen LogP contribution in [-0.4, -0.2) is 57.4 Å². The summed E-state index contributed by atoms with van der Waals surface area (Å²) in [5.74, 6) is 0.